The number of hydrogen-bond donors (Lipinski definition) is 0. The fourth-order valence-corrected chi connectivity index (χ4v) is 2.79. The summed E-state index contributed by atoms with van der Waals surface area (Å²) in [5.74, 6) is 1.32. The summed E-state index contributed by atoms with van der Waals surface area (Å²) in [6.07, 6.45) is 0.975. The van der Waals surface area contributed by atoms with Gasteiger partial charge in [-0.15, -0.1) is 0 Å². The number of ether oxygens (including phenoxy) is 2. The summed E-state index contributed by atoms with van der Waals surface area (Å²) in [6.45, 7) is 2.96. The number of hydrogen-bond acceptors (Lipinski definition) is 4. The maximum absolute atomic E-state index is 12.4. The Balaban J connectivity index is 1.98. The Morgan fingerprint density at radius 3 is 2.57 bits per heavy atom. The van der Waals surface area contributed by atoms with Gasteiger partial charge in [0, 0.05) is 26.6 Å². The third-order valence-corrected chi connectivity index (χ3v) is 4.27. The molecular formula is C17H24N2O4. The van der Waals surface area contributed by atoms with Crippen molar-refractivity contribution in [2.45, 2.75) is 25.8 Å². The van der Waals surface area contributed by atoms with Gasteiger partial charge < -0.3 is 19.3 Å². The molecule has 1 atom stereocenters. The van der Waals surface area contributed by atoms with Crippen molar-refractivity contribution in [3.8, 4) is 11.5 Å². The molecule has 1 saturated heterocycles. The van der Waals surface area contributed by atoms with Crippen molar-refractivity contribution in [1.82, 2.24) is 9.80 Å². The number of rotatable bonds is 5. The van der Waals surface area contributed by atoms with Gasteiger partial charge in [-0.2, -0.15) is 0 Å². The standard InChI is InChI=1S/C17H24N2O4/c1-12-17(21)18(2)9-10-19(12)16(20)8-6-13-5-7-14(22-3)15(11-13)23-4/h5,7,11-12H,6,8-10H2,1-4H3. The second-order valence-corrected chi connectivity index (χ2v) is 5.71. The number of aryl methyl sites for hydroxylation is 1. The highest BCUT2D eigenvalue weighted by Crippen LogP contribution is 2.28. The van der Waals surface area contributed by atoms with Gasteiger partial charge in [0.25, 0.3) is 0 Å². The first-order chi connectivity index (χ1) is 11.0. The van der Waals surface area contributed by atoms with Crippen molar-refractivity contribution in [2.75, 3.05) is 34.4 Å². The van der Waals surface area contributed by atoms with Gasteiger partial charge in [0.05, 0.1) is 14.2 Å². The molecule has 2 rings (SSSR count). The van der Waals surface area contributed by atoms with Crippen molar-refractivity contribution >= 4 is 11.8 Å². The third kappa shape index (κ3) is 3.75. The van der Waals surface area contributed by atoms with E-state index in [-0.39, 0.29) is 17.9 Å². The maximum Gasteiger partial charge on any atom is 0.244 e. The highest BCUT2D eigenvalue weighted by atomic mass is 16.5. The molecule has 6 nitrogen and oxygen atoms in total. The molecule has 1 aliphatic rings. The molecule has 1 heterocycles. The van der Waals surface area contributed by atoms with Crippen LogP contribution in [-0.4, -0.2) is 62.0 Å². The Morgan fingerprint density at radius 2 is 1.91 bits per heavy atom. The van der Waals surface area contributed by atoms with Gasteiger partial charge in [0.2, 0.25) is 11.8 Å². The van der Waals surface area contributed by atoms with E-state index >= 15 is 0 Å². The fourth-order valence-electron chi connectivity index (χ4n) is 2.79. The van der Waals surface area contributed by atoms with Gasteiger partial charge in [-0.1, -0.05) is 6.07 Å². The molecule has 1 unspecified atom stereocenters. The van der Waals surface area contributed by atoms with Crippen LogP contribution >= 0.6 is 0 Å². The van der Waals surface area contributed by atoms with Crippen molar-refractivity contribution < 1.29 is 19.1 Å². The number of likely N-dealkylation sites (N-methyl/N-ethyl adjacent to an activating group) is 1. The van der Waals surface area contributed by atoms with Crippen LogP contribution in [0.1, 0.15) is 18.9 Å². The Labute approximate surface area is 137 Å². The van der Waals surface area contributed by atoms with Crippen LogP contribution in [0.15, 0.2) is 18.2 Å². The molecular weight excluding hydrogens is 296 g/mol. The molecule has 1 aromatic carbocycles. The number of nitrogens with zero attached hydrogens (tertiary/aromatic N) is 2. The molecule has 126 valence electrons. The Bertz CT molecular complexity index is 588. The molecule has 1 aromatic rings. The third-order valence-electron chi connectivity index (χ3n) is 4.27. The number of carbonyl (C=O) groups is 2. The zero-order valence-electron chi connectivity index (χ0n) is 14.2. The summed E-state index contributed by atoms with van der Waals surface area (Å²) in [7, 11) is 4.95. The summed E-state index contributed by atoms with van der Waals surface area (Å²) in [5.41, 5.74) is 1.00. The van der Waals surface area contributed by atoms with Crippen LogP contribution in [0.2, 0.25) is 0 Å². The van der Waals surface area contributed by atoms with Gasteiger partial charge in [0.15, 0.2) is 11.5 Å². The highest BCUT2D eigenvalue weighted by molar-refractivity contribution is 5.88. The normalized spacial score (nSPS) is 18.1. The van der Waals surface area contributed by atoms with Gasteiger partial charge >= 0.3 is 0 Å². The van der Waals surface area contributed by atoms with Gasteiger partial charge in [-0.3, -0.25) is 9.59 Å². The van der Waals surface area contributed by atoms with E-state index in [2.05, 4.69) is 0 Å². The molecule has 0 N–H and O–H groups in total. The van der Waals surface area contributed by atoms with Crippen LogP contribution < -0.4 is 9.47 Å². The summed E-state index contributed by atoms with van der Waals surface area (Å²) in [5, 5.41) is 0. The molecule has 0 saturated carbocycles. The number of amides is 2. The number of carbonyl (C=O) groups excluding carboxylic acids is 2. The highest BCUT2D eigenvalue weighted by Gasteiger charge is 2.31. The molecule has 1 fully saturated rings. The molecule has 0 radical (unpaired) electrons. The summed E-state index contributed by atoms with van der Waals surface area (Å²) in [4.78, 5) is 27.7. The van der Waals surface area contributed by atoms with Crippen LogP contribution in [-0.2, 0) is 16.0 Å². The maximum atomic E-state index is 12.4. The zero-order chi connectivity index (χ0) is 17.0. The lowest BCUT2D eigenvalue weighted by Crippen LogP contribution is -2.56. The van der Waals surface area contributed by atoms with Crippen LogP contribution in [0.25, 0.3) is 0 Å². The average Bonchev–Trinajstić information content (AvgIpc) is 2.57. The van der Waals surface area contributed by atoms with E-state index in [1.807, 2.05) is 18.2 Å². The number of piperazine rings is 1. The van der Waals surface area contributed by atoms with Gasteiger partial charge in [-0.25, -0.2) is 0 Å². The Hall–Kier alpha value is -2.24. The second-order valence-electron chi connectivity index (χ2n) is 5.71. The Morgan fingerprint density at radius 1 is 1.22 bits per heavy atom. The smallest absolute Gasteiger partial charge is 0.244 e. The van der Waals surface area contributed by atoms with E-state index in [9.17, 15) is 9.59 Å². The molecule has 23 heavy (non-hydrogen) atoms. The first-order valence-corrected chi connectivity index (χ1v) is 7.73. The largest absolute Gasteiger partial charge is 0.493 e. The molecule has 0 bridgehead atoms. The first kappa shape index (κ1) is 17.1. The van der Waals surface area contributed by atoms with Crippen LogP contribution in [0.4, 0.5) is 0 Å². The molecule has 6 heteroatoms. The Kier molecular flexibility index (Phi) is 5.47. The van der Waals surface area contributed by atoms with Crippen molar-refractivity contribution in [2.24, 2.45) is 0 Å². The molecule has 0 aliphatic carbocycles. The zero-order valence-corrected chi connectivity index (χ0v) is 14.2. The SMILES string of the molecule is COc1ccc(CCC(=O)N2CCN(C)C(=O)C2C)cc1OC. The van der Waals surface area contributed by atoms with Crippen LogP contribution in [0.5, 0.6) is 11.5 Å². The lowest BCUT2D eigenvalue weighted by Gasteiger charge is -2.37. The average molecular weight is 320 g/mol. The van der Waals surface area contributed by atoms with Crippen molar-refractivity contribution in [3.05, 3.63) is 23.8 Å². The molecule has 2 amide bonds. The van der Waals surface area contributed by atoms with Crippen molar-refractivity contribution in [1.29, 1.82) is 0 Å². The van der Waals surface area contributed by atoms with Crippen molar-refractivity contribution in [3.63, 3.8) is 0 Å². The van der Waals surface area contributed by atoms with Crippen LogP contribution in [0, 0.1) is 0 Å². The summed E-state index contributed by atoms with van der Waals surface area (Å²) >= 11 is 0. The minimum absolute atomic E-state index is 0.00397. The molecule has 0 aromatic heterocycles. The van der Waals surface area contributed by atoms with E-state index in [1.165, 1.54) is 0 Å². The van der Waals surface area contributed by atoms with Gasteiger partial charge in [-0.05, 0) is 31.0 Å². The summed E-state index contributed by atoms with van der Waals surface area (Å²) in [6, 6.07) is 5.25. The topological polar surface area (TPSA) is 59.1 Å². The predicted molar refractivity (Wildman–Crippen MR) is 86.7 cm³/mol. The predicted octanol–water partition coefficient (Wildman–Crippen LogP) is 1.33. The minimum Gasteiger partial charge on any atom is -0.493 e. The van der Waals surface area contributed by atoms with E-state index in [0.29, 0.717) is 37.4 Å². The number of methoxy groups -OCH3 is 2. The monoisotopic (exact) mass is 320 g/mol. The van der Waals surface area contributed by atoms with E-state index in [1.54, 1.807) is 38.0 Å². The second kappa shape index (κ2) is 7.35. The van der Waals surface area contributed by atoms with E-state index in [0.717, 1.165) is 5.56 Å². The lowest BCUT2D eigenvalue weighted by molar-refractivity contribution is -0.149. The van der Waals surface area contributed by atoms with E-state index < -0.39 is 0 Å². The fraction of sp³-hybridized carbons (Fsp3) is 0.529. The molecule has 1 aliphatic heterocycles. The quantitative estimate of drug-likeness (QED) is 0.821. The minimum atomic E-state index is -0.383. The van der Waals surface area contributed by atoms with E-state index in [4.69, 9.17) is 9.47 Å². The first-order valence-electron chi connectivity index (χ1n) is 7.73. The molecule has 0 spiro atoms. The lowest BCUT2D eigenvalue weighted by atomic mass is 10.1. The van der Waals surface area contributed by atoms with Gasteiger partial charge in [0.1, 0.15) is 6.04 Å². The number of benzene rings is 1. The summed E-state index contributed by atoms with van der Waals surface area (Å²) < 4.78 is 10.5. The van der Waals surface area contributed by atoms with Crippen LogP contribution in [0.3, 0.4) is 0 Å².